The van der Waals surface area contributed by atoms with Crippen LogP contribution in [0.15, 0.2) is 36.4 Å². The number of benzene rings is 2. The molecule has 0 aliphatic rings. The van der Waals surface area contributed by atoms with Gasteiger partial charge in [-0.25, -0.2) is 4.39 Å². The van der Waals surface area contributed by atoms with Gasteiger partial charge in [0.2, 0.25) is 0 Å². The summed E-state index contributed by atoms with van der Waals surface area (Å²) < 4.78 is 19.4. The first-order valence-corrected chi connectivity index (χ1v) is 7.06. The van der Waals surface area contributed by atoms with E-state index in [1.165, 1.54) is 11.6 Å². The van der Waals surface area contributed by atoms with E-state index < -0.39 is 0 Å². The normalized spacial score (nSPS) is 11.5. The number of anilines is 1. The van der Waals surface area contributed by atoms with E-state index in [2.05, 4.69) is 26.8 Å². The van der Waals surface area contributed by atoms with E-state index >= 15 is 0 Å². The highest BCUT2D eigenvalue weighted by Crippen LogP contribution is 2.28. The van der Waals surface area contributed by atoms with Crippen LogP contribution in [0.1, 0.15) is 37.5 Å². The molecule has 0 saturated carbocycles. The molecule has 0 fully saturated rings. The second kappa shape index (κ2) is 5.76. The van der Waals surface area contributed by atoms with Crippen molar-refractivity contribution in [3.63, 3.8) is 0 Å². The Balaban J connectivity index is 2.18. The van der Waals surface area contributed by atoms with E-state index in [4.69, 9.17) is 10.5 Å². The van der Waals surface area contributed by atoms with Gasteiger partial charge in [-0.2, -0.15) is 0 Å². The van der Waals surface area contributed by atoms with Crippen LogP contribution in [0.5, 0.6) is 5.75 Å². The highest BCUT2D eigenvalue weighted by atomic mass is 19.1. The fraction of sp³-hybridized carbons (Fsp3) is 0.333. The summed E-state index contributed by atoms with van der Waals surface area (Å²) in [6.07, 6.45) is 0. The molecule has 0 radical (unpaired) electrons. The van der Waals surface area contributed by atoms with Gasteiger partial charge in [0.05, 0.1) is 0 Å². The highest BCUT2D eigenvalue weighted by Gasteiger charge is 2.15. The first-order chi connectivity index (χ1) is 9.79. The topological polar surface area (TPSA) is 35.2 Å². The van der Waals surface area contributed by atoms with Crippen molar-refractivity contribution in [2.75, 3.05) is 5.73 Å². The summed E-state index contributed by atoms with van der Waals surface area (Å²) in [5.74, 6) is 0.421. The maximum Gasteiger partial charge on any atom is 0.131 e. The lowest BCUT2D eigenvalue weighted by atomic mass is 9.86. The van der Waals surface area contributed by atoms with Crippen LogP contribution in [0, 0.1) is 12.7 Å². The van der Waals surface area contributed by atoms with Crippen molar-refractivity contribution in [3.05, 3.63) is 58.9 Å². The Labute approximate surface area is 125 Å². The summed E-state index contributed by atoms with van der Waals surface area (Å²) in [7, 11) is 0. The average Bonchev–Trinajstić information content (AvgIpc) is 2.38. The minimum absolute atomic E-state index is 0.0965. The molecule has 2 rings (SSSR count). The Morgan fingerprint density at radius 2 is 1.86 bits per heavy atom. The molecule has 0 heterocycles. The van der Waals surface area contributed by atoms with Crippen molar-refractivity contribution < 1.29 is 9.13 Å². The van der Waals surface area contributed by atoms with Crippen molar-refractivity contribution in [1.82, 2.24) is 0 Å². The third kappa shape index (κ3) is 3.54. The minimum Gasteiger partial charge on any atom is -0.488 e. The molecule has 112 valence electrons. The monoisotopic (exact) mass is 287 g/mol. The summed E-state index contributed by atoms with van der Waals surface area (Å²) in [6, 6.07) is 10.8. The van der Waals surface area contributed by atoms with Gasteiger partial charge >= 0.3 is 0 Å². The number of rotatable bonds is 3. The predicted molar refractivity (Wildman–Crippen MR) is 85.0 cm³/mol. The summed E-state index contributed by atoms with van der Waals surface area (Å²) in [6.45, 7) is 8.64. The Morgan fingerprint density at radius 3 is 2.43 bits per heavy atom. The second-order valence-electron chi connectivity index (χ2n) is 6.33. The summed E-state index contributed by atoms with van der Waals surface area (Å²) in [5.41, 5.74) is 8.98. The molecule has 21 heavy (non-hydrogen) atoms. The van der Waals surface area contributed by atoms with Gasteiger partial charge in [0.15, 0.2) is 0 Å². The van der Waals surface area contributed by atoms with Crippen LogP contribution in [-0.2, 0) is 12.0 Å². The molecular weight excluding hydrogens is 265 g/mol. The number of aryl methyl sites for hydroxylation is 1. The number of nitrogen functional groups attached to an aromatic ring is 1. The first-order valence-electron chi connectivity index (χ1n) is 7.06. The molecule has 0 aliphatic carbocycles. The Hall–Kier alpha value is -2.03. The zero-order valence-electron chi connectivity index (χ0n) is 13.0. The molecule has 0 aliphatic heterocycles. The van der Waals surface area contributed by atoms with Crippen LogP contribution >= 0.6 is 0 Å². The second-order valence-corrected chi connectivity index (χ2v) is 6.33. The molecule has 0 unspecified atom stereocenters. The van der Waals surface area contributed by atoms with E-state index in [9.17, 15) is 4.39 Å². The molecule has 0 spiro atoms. The number of hydrogen-bond acceptors (Lipinski definition) is 2. The minimum atomic E-state index is -0.334. The molecule has 0 aromatic heterocycles. The maximum atomic E-state index is 13.7. The Kier molecular flexibility index (Phi) is 4.21. The summed E-state index contributed by atoms with van der Waals surface area (Å²) in [5, 5.41) is 0. The van der Waals surface area contributed by atoms with Crippen molar-refractivity contribution in [1.29, 1.82) is 0 Å². The number of halogens is 1. The lowest BCUT2D eigenvalue weighted by molar-refractivity contribution is 0.298. The van der Waals surface area contributed by atoms with Crippen LogP contribution in [0.25, 0.3) is 0 Å². The van der Waals surface area contributed by atoms with Gasteiger partial charge in [-0.05, 0) is 41.7 Å². The summed E-state index contributed by atoms with van der Waals surface area (Å²) >= 11 is 0. The number of nitrogens with two attached hydrogens (primary N) is 1. The SMILES string of the molecule is Cc1cc(C(C)(C)C)ccc1OCc1c(N)cccc1F. The molecule has 0 saturated heterocycles. The van der Waals surface area contributed by atoms with Crippen LogP contribution in [-0.4, -0.2) is 0 Å². The smallest absolute Gasteiger partial charge is 0.131 e. The lowest BCUT2D eigenvalue weighted by Crippen LogP contribution is -2.11. The predicted octanol–water partition coefficient (Wildman–Crippen LogP) is 4.59. The number of ether oxygens (including phenoxy) is 1. The van der Waals surface area contributed by atoms with Gasteiger partial charge in [0, 0.05) is 11.3 Å². The highest BCUT2D eigenvalue weighted by molar-refractivity contribution is 5.47. The molecule has 2 N–H and O–H groups in total. The fourth-order valence-corrected chi connectivity index (χ4v) is 2.16. The largest absolute Gasteiger partial charge is 0.488 e. The van der Waals surface area contributed by atoms with Crippen molar-refractivity contribution in [2.24, 2.45) is 0 Å². The van der Waals surface area contributed by atoms with E-state index in [0.717, 1.165) is 11.3 Å². The van der Waals surface area contributed by atoms with Crippen LogP contribution in [0.3, 0.4) is 0 Å². The van der Waals surface area contributed by atoms with E-state index in [0.29, 0.717) is 11.3 Å². The van der Waals surface area contributed by atoms with Crippen LogP contribution < -0.4 is 10.5 Å². The third-order valence-electron chi connectivity index (χ3n) is 3.57. The third-order valence-corrected chi connectivity index (χ3v) is 3.57. The molecule has 0 amide bonds. The van der Waals surface area contributed by atoms with E-state index in [-0.39, 0.29) is 17.8 Å². The fourth-order valence-electron chi connectivity index (χ4n) is 2.16. The quantitative estimate of drug-likeness (QED) is 0.838. The molecule has 2 aromatic carbocycles. The molecule has 0 bridgehead atoms. The van der Waals surface area contributed by atoms with E-state index in [1.807, 2.05) is 19.1 Å². The van der Waals surface area contributed by atoms with E-state index in [1.54, 1.807) is 12.1 Å². The molecule has 0 atom stereocenters. The lowest BCUT2D eigenvalue weighted by Gasteiger charge is -2.20. The average molecular weight is 287 g/mol. The zero-order valence-corrected chi connectivity index (χ0v) is 13.0. The van der Waals surface area contributed by atoms with Gasteiger partial charge in [-0.1, -0.05) is 39.0 Å². The van der Waals surface area contributed by atoms with Crippen molar-refractivity contribution >= 4 is 5.69 Å². The maximum absolute atomic E-state index is 13.7. The molecular formula is C18H22FNO. The Bertz CT molecular complexity index is 624. The van der Waals surface area contributed by atoms with Gasteiger partial charge < -0.3 is 10.5 Å². The van der Waals surface area contributed by atoms with Gasteiger partial charge in [0.25, 0.3) is 0 Å². The van der Waals surface area contributed by atoms with Gasteiger partial charge in [-0.3, -0.25) is 0 Å². The molecule has 3 heteroatoms. The number of hydrogen-bond donors (Lipinski definition) is 1. The molecule has 2 nitrogen and oxygen atoms in total. The van der Waals surface area contributed by atoms with Crippen molar-refractivity contribution in [2.45, 2.75) is 39.7 Å². The standard InChI is InChI=1S/C18H22FNO/c1-12-10-13(18(2,3)4)8-9-17(12)21-11-14-15(19)6-5-7-16(14)20/h5-10H,11,20H2,1-4H3. The zero-order chi connectivity index (χ0) is 15.6. The Morgan fingerprint density at radius 1 is 1.14 bits per heavy atom. The van der Waals surface area contributed by atoms with Gasteiger partial charge in [0.1, 0.15) is 18.2 Å². The van der Waals surface area contributed by atoms with Gasteiger partial charge in [-0.15, -0.1) is 0 Å². The summed E-state index contributed by atoms with van der Waals surface area (Å²) in [4.78, 5) is 0. The molecule has 2 aromatic rings. The first kappa shape index (κ1) is 15.4. The van der Waals surface area contributed by atoms with Crippen LogP contribution in [0.4, 0.5) is 10.1 Å². The van der Waals surface area contributed by atoms with Crippen molar-refractivity contribution in [3.8, 4) is 5.75 Å². The van der Waals surface area contributed by atoms with Crippen LogP contribution in [0.2, 0.25) is 0 Å².